The highest BCUT2D eigenvalue weighted by molar-refractivity contribution is 9.10. The predicted octanol–water partition coefficient (Wildman–Crippen LogP) is 0.610. The first kappa shape index (κ1) is 8.81. The number of nitrogens with one attached hydrogen (secondary N) is 1. The summed E-state index contributed by atoms with van der Waals surface area (Å²) in [6.45, 7) is 0. The van der Waals surface area contributed by atoms with Crippen molar-refractivity contribution in [2.24, 2.45) is 0 Å². The highest BCUT2D eigenvalue weighted by atomic mass is 79.9. The van der Waals surface area contributed by atoms with Crippen LogP contribution in [0.3, 0.4) is 0 Å². The summed E-state index contributed by atoms with van der Waals surface area (Å²) in [7, 11) is -1.43. The number of fused-ring (bicyclic) bond motifs is 1. The van der Waals surface area contributed by atoms with Crippen molar-refractivity contribution in [3.05, 3.63) is 28.9 Å². The Kier molecular flexibility index (Phi) is 2.15. The van der Waals surface area contributed by atoms with E-state index in [0.717, 1.165) is 15.4 Å². The summed E-state index contributed by atoms with van der Waals surface area (Å²) in [4.78, 5) is 2.96. The molecule has 0 saturated carbocycles. The van der Waals surface area contributed by atoms with E-state index in [9.17, 15) is 0 Å². The Morgan fingerprint density at radius 2 is 2.08 bits per heavy atom. The summed E-state index contributed by atoms with van der Waals surface area (Å²) in [6, 6.07) is 5.62. The average molecular weight is 240 g/mol. The van der Waals surface area contributed by atoms with Gasteiger partial charge in [-0.1, -0.05) is 15.9 Å². The zero-order valence-electron chi connectivity index (χ0n) is 6.66. The topological polar surface area (TPSA) is 56.2 Å². The van der Waals surface area contributed by atoms with Gasteiger partial charge in [-0.3, -0.25) is 0 Å². The number of benzene rings is 1. The molecule has 1 heterocycles. The molecule has 3 N–H and O–H groups in total. The van der Waals surface area contributed by atoms with E-state index in [1.165, 1.54) is 0 Å². The van der Waals surface area contributed by atoms with Gasteiger partial charge in [0.1, 0.15) is 0 Å². The molecule has 0 aliphatic heterocycles. The molecule has 5 heteroatoms. The van der Waals surface area contributed by atoms with Crippen LogP contribution in [-0.2, 0) is 0 Å². The lowest BCUT2D eigenvalue weighted by molar-refractivity contribution is 0.426. The molecular weight excluding hydrogens is 233 g/mol. The largest absolute Gasteiger partial charge is 0.490 e. The first-order valence-corrected chi connectivity index (χ1v) is 4.60. The van der Waals surface area contributed by atoms with Crippen molar-refractivity contribution in [2.75, 3.05) is 0 Å². The number of H-pyrrole nitrogens is 1. The number of aromatic nitrogens is 1. The van der Waals surface area contributed by atoms with Crippen molar-refractivity contribution in [1.29, 1.82) is 0 Å². The van der Waals surface area contributed by atoms with Crippen LogP contribution in [0.15, 0.2) is 28.9 Å². The number of hydrogen-bond acceptors (Lipinski definition) is 2. The number of hydrogen-bond donors (Lipinski definition) is 3. The van der Waals surface area contributed by atoms with Gasteiger partial charge < -0.3 is 15.0 Å². The molecule has 1 aromatic carbocycles. The maximum atomic E-state index is 9.02. The zero-order chi connectivity index (χ0) is 9.42. The Morgan fingerprint density at radius 3 is 2.77 bits per heavy atom. The van der Waals surface area contributed by atoms with Gasteiger partial charge in [0.25, 0.3) is 0 Å². The Hall–Kier alpha value is -0.775. The maximum absolute atomic E-state index is 9.02. The second-order valence-electron chi connectivity index (χ2n) is 2.81. The van der Waals surface area contributed by atoms with Gasteiger partial charge in [0.2, 0.25) is 0 Å². The minimum absolute atomic E-state index is 0.497. The van der Waals surface area contributed by atoms with Crippen LogP contribution in [-0.4, -0.2) is 22.2 Å². The highest BCUT2D eigenvalue weighted by Crippen LogP contribution is 2.17. The Labute approximate surface area is 83.7 Å². The lowest BCUT2D eigenvalue weighted by Gasteiger charge is -1.96. The molecule has 0 aliphatic rings. The van der Waals surface area contributed by atoms with E-state index >= 15 is 0 Å². The van der Waals surface area contributed by atoms with Crippen molar-refractivity contribution >= 4 is 39.4 Å². The summed E-state index contributed by atoms with van der Waals surface area (Å²) in [5.74, 6) is 0. The summed E-state index contributed by atoms with van der Waals surface area (Å²) >= 11 is 3.32. The summed E-state index contributed by atoms with van der Waals surface area (Å²) in [6.07, 6.45) is 1.60. The van der Waals surface area contributed by atoms with Crippen molar-refractivity contribution in [2.45, 2.75) is 0 Å². The molecule has 66 valence electrons. The summed E-state index contributed by atoms with van der Waals surface area (Å²) in [5, 5.41) is 18.9. The fourth-order valence-corrected chi connectivity index (χ4v) is 1.69. The predicted molar refractivity (Wildman–Crippen MR) is 55.8 cm³/mol. The van der Waals surface area contributed by atoms with Crippen molar-refractivity contribution < 1.29 is 10.0 Å². The SMILES string of the molecule is OB(O)c1c[nH]c2ccc(Br)cc12. The molecule has 0 radical (unpaired) electrons. The number of halogens is 1. The maximum Gasteiger partial charge on any atom is 0.490 e. The molecule has 0 bridgehead atoms. The van der Waals surface area contributed by atoms with Gasteiger partial charge in [-0.15, -0.1) is 0 Å². The summed E-state index contributed by atoms with van der Waals surface area (Å²) in [5.41, 5.74) is 1.39. The minimum atomic E-state index is -1.43. The fraction of sp³-hybridized carbons (Fsp3) is 0. The second-order valence-corrected chi connectivity index (χ2v) is 3.72. The smallest absolute Gasteiger partial charge is 0.423 e. The first-order valence-electron chi connectivity index (χ1n) is 3.81. The molecule has 1 aromatic heterocycles. The molecule has 0 atom stereocenters. The van der Waals surface area contributed by atoms with Gasteiger partial charge in [0, 0.05) is 27.0 Å². The summed E-state index contributed by atoms with van der Waals surface area (Å²) < 4.78 is 0.918. The van der Waals surface area contributed by atoms with Gasteiger partial charge in [0.05, 0.1) is 0 Å². The highest BCUT2D eigenvalue weighted by Gasteiger charge is 2.15. The van der Waals surface area contributed by atoms with E-state index in [2.05, 4.69) is 20.9 Å². The molecule has 3 nitrogen and oxygen atoms in total. The molecule has 0 spiro atoms. The monoisotopic (exact) mass is 239 g/mol. The second kappa shape index (κ2) is 3.18. The Bertz CT molecular complexity index is 441. The lowest BCUT2D eigenvalue weighted by Crippen LogP contribution is -2.28. The van der Waals surface area contributed by atoms with E-state index in [-0.39, 0.29) is 0 Å². The standard InChI is InChI=1S/C8H7BBrNO2/c10-5-1-2-8-6(3-5)7(4-11-8)9(12)13/h1-4,11-13H. The van der Waals surface area contributed by atoms with E-state index in [4.69, 9.17) is 10.0 Å². The van der Waals surface area contributed by atoms with Gasteiger partial charge in [-0.2, -0.15) is 0 Å². The Morgan fingerprint density at radius 1 is 1.31 bits per heavy atom. The van der Waals surface area contributed by atoms with Crippen molar-refractivity contribution in [3.63, 3.8) is 0 Å². The van der Waals surface area contributed by atoms with Crippen LogP contribution in [0.2, 0.25) is 0 Å². The normalized spacial score (nSPS) is 10.7. The molecule has 13 heavy (non-hydrogen) atoms. The molecule has 0 amide bonds. The van der Waals surface area contributed by atoms with E-state index in [0.29, 0.717) is 5.46 Å². The first-order chi connectivity index (χ1) is 6.18. The molecule has 0 unspecified atom stereocenters. The molecule has 2 aromatic rings. The van der Waals surface area contributed by atoms with Gasteiger partial charge >= 0.3 is 7.12 Å². The van der Waals surface area contributed by atoms with Gasteiger partial charge in [-0.25, -0.2) is 0 Å². The van der Waals surface area contributed by atoms with E-state index < -0.39 is 7.12 Å². The van der Waals surface area contributed by atoms with Crippen LogP contribution >= 0.6 is 15.9 Å². The van der Waals surface area contributed by atoms with Gasteiger partial charge in [0.15, 0.2) is 0 Å². The van der Waals surface area contributed by atoms with Crippen LogP contribution < -0.4 is 5.46 Å². The van der Waals surface area contributed by atoms with Crippen LogP contribution in [0.1, 0.15) is 0 Å². The van der Waals surface area contributed by atoms with Crippen LogP contribution in [0.4, 0.5) is 0 Å². The molecule has 0 fully saturated rings. The quantitative estimate of drug-likeness (QED) is 0.639. The molecule has 0 saturated heterocycles. The average Bonchev–Trinajstić information content (AvgIpc) is 2.46. The van der Waals surface area contributed by atoms with E-state index in [1.54, 1.807) is 6.20 Å². The zero-order valence-corrected chi connectivity index (χ0v) is 8.25. The number of rotatable bonds is 1. The third-order valence-corrected chi connectivity index (χ3v) is 2.45. The minimum Gasteiger partial charge on any atom is -0.423 e. The third-order valence-electron chi connectivity index (χ3n) is 1.95. The van der Waals surface area contributed by atoms with Crippen LogP contribution in [0.5, 0.6) is 0 Å². The molecule has 2 rings (SSSR count). The molecular formula is C8H7BBrNO2. The van der Waals surface area contributed by atoms with Crippen molar-refractivity contribution in [1.82, 2.24) is 4.98 Å². The Balaban J connectivity index is 2.71. The van der Waals surface area contributed by atoms with E-state index in [1.807, 2.05) is 18.2 Å². The van der Waals surface area contributed by atoms with Crippen LogP contribution in [0, 0.1) is 0 Å². The van der Waals surface area contributed by atoms with Crippen LogP contribution in [0.25, 0.3) is 10.9 Å². The van der Waals surface area contributed by atoms with Gasteiger partial charge in [-0.05, 0) is 18.2 Å². The number of aromatic amines is 1. The van der Waals surface area contributed by atoms with Crippen molar-refractivity contribution in [3.8, 4) is 0 Å². The lowest BCUT2D eigenvalue weighted by atomic mass is 9.80. The molecule has 0 aliphatic carbocycles. The third kappa shape index (κ3) is 1.50. The fourth-order valence-electron chi connectivity index (χ4n) is 1.33.